The van der Waals surface area contributed by atoms with Gasteiger partial charge >= 0.3 is 6.03 Å². The minimum absolute atomic E-state index is 0.0183. The predicted molar refractivity (Wildman–Crippen MR) is 122 cm³/mol. The van der Waals surface area contributed by atoms with Gasteiger partial charge in [0.05, 0.1) is 11.5 Å². The second-order valence-electron chi connectivity index (χ2n) is 6.61. The number of rotatable bonds is 8. The van der Waals surface area contributed by atoms with E-state index in [4.69, 9.17) is 10.5 Å². The predicted octanol–water partition coefficient (Wildman–Crippen LogP) is 3.63. The van der Waals surface area contributed by atoms with Crippen LogP contribution in [0.4, 0.5) is 21.9 Å². The maximum atomic E-state index is 12.6. The van der Waals surface area contributed by atoms with Crippen molar-refractivity contribution in [3.8, 4) is 5.75 Å². The minimum atomic E-state index is -3.82. The molecule has 0 aliphatic rings. The van der Waals surface area contributed by atoms with Gasteiger partial charge in [-0.05, 0) is 79.7 Å². The Balaban J connectivity index is 1.65. The average Bonchev–Trinajstić information content (AvgIpc) is 2.76. The van der Waals surface area contributed by atoms with Crippen molar-refractivity contribution >= 4 is 39.0 Å². The Hall–Kier alpha value is -4.05. The van der Waals surface area contributed by atoms with Crippen LogP contribution in [0.5, 0.6) is 5.75 Å². The van der Waals surface area contributed by atoms with E-state index in [1.165, 1.54) is 24.3 Å². The van der Waals surface area contributed by atoms with Gasteiger partial charge in [-0.2, -0.15) is 0 Å². The van der Waals surface area contributed by atoms with E-state index in [0.29, 0.717) is 29.4 Å². The maximum Gasteiger partial charge on any atom is 0.316 e. The van der Waals surface area contributed by atoms with Crippen molar-refractivity contribution in [2.45, 2.75) is 11.8 Å². The zero-order chi connectivity index (χ0) is 23.1. The highest BCUT2D eigenvalue weighted by Gasteiger charge is 2.15. The molecule has 166 valence electrons. The van der Waals surface area contributed by atoms with Crippen molar-refractivity contribution in [2.75, 3.05) is 22.0 Å². The van der Waals surface area contributed by atoms with Crippen LogP contribution in [-0.4, -0.2) is 27.0 Å². The molecule has 0 aromatic heterocycles. The molecule has 0 radical (unpaired) electrons. The number of benzene rings is 3. The number of hydrogen-bond donors (Lipinski definition) is 4. The minimum Gasteiger partial charge on any atom is -0.494 e. The lowest BCUT2D eigenvalue weighted by Crippen LogP contribution is -2.19. The molecule has 10 heteroatoms. The molecule has 3 amide bonds. The summed E-state index contributed by atoms with van der Waals surface area (Å²) >= 11 is 0. The second kappa shape index (κ2) is 9.84. The molecule has 9 nitrogen and oxygen atoms in total. The Morgan fingerprint density at radius 2 is 1.34 bits per heavy atom. The first kappa shape index (κ1) is 22.6. The number of ether oxygens (including phenoxy) is 1. The van der Waals surface area contributed by atoms with Crippen LogP contribution in [0.15, 0.2) is 77.7 Å². The summed E-state index contributed by atoms with van der Waals surface area (Å²) in [5, 5.41) is 5.11. The summed E-state index contributed by atoms with van der Waals surface area (Å²) in [5.74, 6) is 0.230. The molecule has 5 N–H and O–H groups in total. The van der Waals surface area contributed by atoms with Crippen LogP contribution >= 0.6 is 0 Å². The molecule has 0 heterocycles. The molecular weight excluding hydrogens is 432 g/mol. The summed E-state index contributed by atoms with van der Waals surface area (Å²) in [7, 11) is -3.82. The summed E-state index contributed by atoms with van der Waals surface area (Å²) in [6, 6.07) is 17.8. The van der Waals surface area contributed by atoms with Gasteiger partial charge in [0.25, 0.3) is 15.9 Å². The standard InChI is InChI=1S/C22H22N4O5S/c1-2-31-19-11-9-18(10-12-19)26-32(29,30)20-13-3-15(4-14-20)21(27)24-16-5-7-17(8-6-16)25-22(23)28/h3-14,26H,2H2,1H3,(H,24,27)(H3,23,25,28). The molecule has 3 rings (SSSR count). The van der Waals surface area contributed by atoms with E-state index < -0.39 is 22.0 Å². The Morgan fingerprint density at radius 1 is 0.812 bits per heavy atom. The van der Waals surface area contributed by atoms with E-state index in [-0.39, 0.29) is 10.5 Å². The van der Waals surface area contributed by atoms with Crippen LogP contribution in [0.1, 0.15) is 17.3 Å². The lowest BCUT2D eigenvalue weighted by atomic mass is 10.2. The van der Waals surface area contributed by atoms with Gasteiger partial charge in [-0.3, -0.25) is 9.52 Å². The highest BCUT2D eigenvalue weighted by molar-refractivity contribution is 7.92. The summed E-state index contributed by atoms with van der Waals surface area (Å²) in [5.41, 5.74) is 6.71. The zero-order valence-corrected chi connectivity index (χ0v) is 18.0. The van der Waals surface area contributed by atoms with Gasteiger partial charge in [0.1, 0.15) is 5.75 Å². The van der Waals surface area contributed by atoms with Crippen molar-refractivity contribution in [3.63, 3.8) is 0 Å². The Bertz CT molecular complexity index is 1190. The smallest absolute Gasteiger partial charge is 0.316 e. The van der Waals surface area contributed by atoms with Gasteiger partial charge in [0.2, 0.25) is 0 Å². The summed E-state index contributed by atoms with van der Waals surface area (Å²) in [6.45, 7) is 2.38. The van der Waals surface area contributed by atoms with E-state index in [1.54, 1.807) is 48.5 Å². The molecule has 0 fully saturated rings. The lowest BCUT2D eigenvalue weighted by Gasteiger charge is -2.10. The van der Waals surface area contributed by atoms with Crippen molar-refractivity contribution in [3.05, 3.63) is 78.4 Å². The van der Waals surface area contributed by atoms with Gasteiger partial charge < -0.3 is 21.1 Å². The third-order valence-corrected chi connectivity index (χ3v) is 5.65. The van der Waals surface area contributed by atoms with Crippen LogP contribution in [0.25, 0.3) is 0 Å². The Labute approximate surface area is 185 Å². The molecule has 3 aromatic carbocycles. The fourth-order valence-corrected chi connectivity index (χ4v) is 3.83. The number of sulfonamides is 1. The van der Waals surface area contributed by atoms with E-state index in [0.717, 1.165) is 0 Å². The fourth-order valence-electron chi connectivity index (χ4n) is 2.77. The molecule has 32 heavy (non-hydrogen) atoms. The van der Waals surface area contributed by atoms with Crippen molar-refractivity contribution < 1.29 is 22.7 Å². The van der Waals surface area contributed by atoms with Crippen LogP contribution in [0.2, 0.25) is 0 Å². The molecule has 0 bridgehead atoms. The summed E-state index contributed by atoms with van der Waals surface area (Å²) in [4.78, 5) is 23.3. The molecule has 0 unspecified atom stereocenters. The van der Waals surface area contributed by atoms with Crippen LogP contribution in [-0.2, 0) is 10.0 Å². The number of amides is 3. The molecule has 0 atom stereocenters. The van der Waals surface area contributed by atoms with Gasteiger partial charge in [0.15, 0.2) is 0 Å². The number of carbonyl (C=O) groups excluding carboxylic acids is 2. The third kappa shape index (κ3) is 5.99. The molecule has 3 aromatic rings. The van der Waals surface area contributed by atoms with Gasteiger partial charge in [-0.15, -0.1) is 0 Å². The average molecular weight is 455 g/mol. The Kier molecular flexibility index (Phi) is 6.96. The first-order valence-electron chi connectivity index (χ1n) is 9.60. The second-order valence-corrected chi connectivity index (χ2v) is 8.29. The number of carbonyl (C=O) groups is 2. The van der Waals surface area contributed by atoms with E-state index in [2.05, 4.69) is 15.4 Å². The van der Waals surface area contributed by atoms with Gasteiger partial charge in [0, 0.05) is 22.6 Å². The highest BCUT2D eigenvalue weighted by atomic mass is 32.2. The quantitative estimate of drug-likeness (QED) is 0.411. The van der Waals surface area contributed by atoms with Gasteiger partial charge in [-0.25, -0.2) is 13.2 Å². The fraction of sp³-hybridized carbons (Fsp3) is 0.0909. The summed E-state index contributed by atoms with van der Waals surface area (Å²) < 4.78 is 33.0. The molecule has 0 aliphatic carbocycles. The third-order valence-electron chi connectivity index (χ3n) is 4.25. The number of nitrogens with two attached hydrogens (primary N) is 1. The van der Waals surface area contributed by atoms with E-state index in [1.807, 2.05) is 6.92 Å². The first-order chi connectivity index (χ1) is 15.3. The molecule has 0 saturated carbocycles. The number of anilines is 3. The van der Waals surface area contributed by atoms with Gasteiger partial charge in [-0.1, -0.05) is 0 Å². The van der Waals surface area contributed by atoms with Crippen LogP contribution in [0, 0.1) is 0 Å². The van der Waals surface area contributed by atoms with E-state index >= 15 is 0 Å². The highest BCUT2D eigenvalue weighted by Crippen LogP contribution is 2.20. The molecule has 0 aliphatic heterocycles. The molecule has 0 spiro atoms. The van der Waals surface area contributed by atoms with Crippen LogP contribution in [0.3, 0.4) is 0 Å². The number of nitrogens with one attached hydrogen (secondary N) is 3. The van der Waals surface area contributed by atoms with Crippen molar-refractivity contribution in [1.29, 1.82) is 0 Å². The Morgan fingerprint density at radius 3 is 1.88 bits per heavy atom. The first-order valence-corrected chi connectivity index (χ1v) is 11.1. The van der Waals surface area contributed by atoms with E-state index in [9.17, 15) is 18.0 Å². The number of primary amides is 1. The topological polar surface area (TPSA) is 140 Å². The normalized spacial score (nSPS) is 10.8. The number of urea groups is 1. The largest absolute Gasteiger partial charge is 0.494 e. The van der Waals surface area contributed by atoms with Crippen molar-refractivity contribution in [1.82, 2.24) is 0 Å². The van der Waals surface area contributed by atoms with Crippen LogP contribution < -0.4 is 25.8 Å². The SMILES string of the molecule is CCOc1ccc(NS(=O)(=O)c2ccc(C(=O)Nc3ccc(NC(N)=O)cc3)cc2)cc1. The maximum absolute atomic E-state index is 12.6. The monoisotopic (exact) mass is 454 g/mol. The molecule has 0 saturated heterocycles. The zero-order valence-electron chi connectivity index (χ0n) is 17.2. The summed E-state index contributed by atoms with van der Waals surface area (Å²) in [6.07, 6.45) is 0. The van der Waals surface area contributed by atoms with Crippen molar-refractivity contribution in [2.24, 2.45) is 5.73 Å². The molecular formula is C22H22N4O5S. The lowest BCUT2D eigenvalue weighted by molar-refractivity contribution is 0.102. The number of hydrogen-bond acceptors (Lipinski definition) is 5.